The molecule has 0 aliphatic heterocycles. The molecule has 0 saturated heterocycles. The average Bonchev–Trinajstić information content (AvgIpc) is 2.34. The van der Waals surface area contributed by atoms with Crippen LogP contribution in [0, 0.1) is 0 Å². The molecule has 2 atom stereocenters. The van der Waals surface area contributed by atoms with E-state index in [-0.39, 0.29) is 16.6 Å². The van der Waals surface area contributed by atoms with E-state index in [1.165, 1.54) is 6.92 Å². The number of carbonyl (C=O) groups is 1. The first-order chi connectivity index (χ1) is 8.71. The summed E-state index contributed by atoms with van der Waals surface area (Å²) >= 11 is 0.773. The Morgan fingerprint density at radius 2 is 2.11 bits per heavy atom. The summed E-state index contributed by atoms with van der Waals surface area (Å²) in [7, 11) is 0. The van der Waals surface area contributed by atoms with E-state index in [0.29, 0.717) is 6.07 Å². The third kappa shape index (κ3) is 4.81. The quantitative estimate of drug-likeness (QED) is 0.886. The van der Waals surface area contributed by atoms with Crippen LogP contribution in [0.5, 0.6) is 0 Å². The lowest BCUT2D eigenvalue weighted by Crippen LogP contribution is -2.22. The van der Waals surface area contributed by atoms with Crippen LogP contribution in [-0.2, 0) is 11.0 Å². The molecule has 2 N–H and O–H groups in total. The number of hydrogen-bond acceptors (Lipinski definition) is 5. The van der Waals surface area contributed by atoms with E-state index in [4.69, 9.17) is 0 Å². The van der Waals surface area contributed by atoms with Gasteiger partial charge in [-0.15, -0.1) is 0 Å². The van der Waals surface area contributed by atoms with Crippen LogP contribution < -0.4 is 0 Å². The maximum absolute atomic E-state index is 12.5. The molecule has 0 saturated carbocycles. The van der Waals surface area contributed by atoms with Crippen LogP contribution in [0.25, 0.3) is 0 Å². The van der Waals surface area contributed by atoms with Gasteiger partial charge < -0.3 is 10.2 Å². The predicted molar refractivity (Wildman–Crippen MR) is 63.3 cm³/mol. The molecule has 0 aromatic carbocycles. The average molecular weight is 295 g/mol. The van der Waals surface area contributed by atoms with Crippen molar-refractivity contribution in [2.45, 2.75) is 25.3 Å². The summed E-state index contributed by atoms with van der Waals surface area (Å²) in [6.45, 7) is 1.28. The van der Waals surface area contributed by atoms with E-state index >= 15 is 0 Å². The van der Waals surface area contributed by atoms with Crippen molar-refractivity contribution in [3.8, 4) is 0 Å². The molecule has 0 aliphatic rings. The Labute approximate surface area is 111 Å². The minimum absolute atomic E-state index is 0.117. The molecular weight excluding hydrogens is 283 g/mol. The second-order valence-electron chi connectivity index (χ2n) is 3.78. The van der Waals surface area contributed by atoms with Gasteiger partial charge in [0.2, 0.25) is 0 Å². The monoisotopic (exact) mass is 295 g/mol. The normalized spacial score (nSPS) is 15.1. The molecule has 19 heavy (non-hydrogen) atoms. The molecule has 2 unspecified atom stereocenters. The summed E-state index contributed by atoms with van der Waals surface area (Å²) in [5.41, 5.74) is -1.24. The highest BCUT2D eigenvalue weighted by Crippen LogP contribution is 2.30. The van der Waals surface area contributed by atoms with Gasteiger partial charge in [-0.05, 0) is 12.1 Å². The van der Waals surface area contributed by atoms with Gasteiger partial charge in [0.05, 0.1) is 17.4 Å². The second kappa shape index (κ2) is 6.36. The molecule has 0 aliphatic carbocycles. The van der Waals surface area contributed by atoms with Crippen molar-refractivity contribution in [3.63, 3.8) is 0 Å². The number of nitrogens with zero attached hydrogens (tertiary/aromatic N) is 1. The van der Waals surface area contributed by atoms with E-state index < -0.39 is 23.9 Å². The van der Waals surface area contributed by atoms with Crippen molar-refractivity contribution in [3.05, 3.63) is 29.6 Å². The highest BCUT2D eigenvalue weighted by molar-refractivity contribution is 8.13. The Morgan fingerprint density at radius 3 is 2.63 bits per heavy atom. The summed E-state index contributed by atoms with van der Waals surface area (Å²) < 4.78 is 37.4. The summed E-state index contributed by atoms with van der Waals surface area (Å²) in [5, 5.41) is 19.0. The zero-order chi connectivity index (χ0) is 14.6. The van der Waals surface area contributed by atoms with Crippen LogP contribution in [0.2, 0.25) is 0 Å². The van der Waals surface area contributed by atoms with Crippen molar-refractivity contribution in [2.75, 3.05) is 5.75 Å². The molecule has 0 fully saturated rings. The number of rotatable bonds is 4. The van der Waals surface area contributed by atoms with Gasteiger partial charge in [0, 0.05) is 18.9 Å². The van der Waals surface area contributed by atoms with Crippen LogP contribution in [0.15, 0.2) is 18.3 Å². The van der Waals surface area contributed by atoms with E-state index in [9.17, 15) is 28.2 Å². The molecule has 4 nitrogen and oxygen atoms in total. The van der Waals surface area contributed by atoms with E-state index in [1.54, 1.807) is 0 Å². The van der Waals surface area contributed by atoms with Gasteiger partial charge in [-0.3, -0.25) is 9.78 Å². The fourth-order valence-electron chi connectivity index (χ4n) is 1.28. The van der Waals surface area contributed by atoms with Gasteiger partial charge in [-0.25, -0.2) is 0 Å². The maximum Gasteiger partial charge on any atom is 0.416 e. The molecule has 0 bridgehead atoms. The summed E-state index contributed by atoms with van der Waals surface area (Å²) in [4.78, 5) is 14.3. The first-order valence-electron chi connectivity index (χ1n) is 5.24. The highest BCUT2D eigenvalue weighted by Gasteiger charge is 2.32. The van der Waals surface area contributed by atoms with Crippen LogP contribution in [0.3, 0.4) is 0 Å². The zero-order valence-corrected chi connectivity index (χ0v) is 10.7. The predicted octanol–water partition coefficient (Wildman–Crippen LogP) is 1.77. The highest BCUT2D eigenvalue weighted by atomic mass is 32.2. The standard InChI is InChI=1S/C11H12F3NO3S/c1-6(16)19-5-9(17)10(18)8-4-7(2-3-15-8)11(12,13)14/h2-4,9-10,17-18H,5H2,1H3. The number of halogens is 3. The largest absolute Gasteiger partial charge is 0.416 e. The van der Waals surface area contributed by atoms with Crippen LogP contribution in [0.4, 0.5) is 13.2 Å². The Hall–Kier alpha value is -1.12. The number of carbonyl (C=O) groups excluding carboxylic acids is 1. The van der Waals surface area contributed by atoms with Crippen molar-refractivity contribution >= 4 is 16.9 Å². The molecule has 0 amide bonds. The summed E-state index contributed by atoms with van der Waals surface area (Å²) in [6, 6.07) is 1.44. The zero-order valence-electron chi connectivity index (χ0n) is 9.89. The number of aliphatic hydroxyl groups excluding tert-OH is 2. The fraction of sp³-hybridized carbons (Fsp3) is 0.455. The van der Waals surface area contributed by atoms with Crippen molar-refractivity contribution in [1.82, 2.24) is 4.98 Å². The van der Waals surface area contributed by atoms with E-state index in [1.807, 2.05) is 0 Å². The number of aromatic nitrogens is 1. The Balaban J connectivity index is 2.82. The van der Waals surface area contributed by atoms with E-state index in [0.717, 1.165) is 24.0 Å². The molecule has 1 aromatic rings. The van der Waals surface area contributed by atoms with Crippen molar-refractivity contribution < 1.29 is 28.2 Å². The smallest absolute Gasteiger partial charge is 0.389 e. The molecule has 1 rings (SSSR count). The van der Waals surface area contributed by atoms with Crippen molar-refractivity contribution in [2.24, 2.45) is 0 Å². The van der Waals surface area contributed by atoms with Crippen LogP contribution in [-0.4, -0.2) is 32.2 Å². The maximum atomic E-state index is 12.5. The lowest BCUT2D eigenvalue weighted by atomic mass is 10.1. The number of thioether (sulfide) groups is 1. The van der Waals surface area contributed by atoms with Crippen LogP contribution in [0.1, 0.15) is 24.3 Å². The first kappa shape index (κ1) is 15.9. The first-order valence-corrected chi connectivity index (χ1v) is 6.23. The molecule has 106 valence electrons. The van der Waals surface area contributed by atoms with E-state index in [2.05, 4.69) is 4.98 Å². The summed E-state index contributed by atoms with van der Waals surface area (Å²) in [6.07, 6.45) is -6.58. The number of aliphatic hydroxyl groups is 2. The lowest BCUT2D eigenvalue weighted by Gasteiger charge is -2.17. The lowest BCUT2D eigenvalue weighted by molar-refractivity contribution is -0.137. The topological polar surface area (TPSA) is 70.4 Å². The van der Waals surface area contributed by atoms with Gasteiger partial charge in [0.15, 0.2) is 5.12 Å². The Bertz CT molecular complexity index is 453. The van der Waals surface area contributed by atoms with Gasteiger partial charge in [0.1, 0.15) is 6.10 Å². The van der Waals surface area contributed by atoms with Crippen LogP contribution >= 0.6 is 11.8 Å². The molecule has 1 heterocycles. The van der Waals surface area contributed by atoms with Gasteiger partial charge in [-0.2, -0.15) is 13.2 Å². The van der Waals surface area contributed by atoms with Gasteiger partial charge in [0.25, 0.3) is 0 Å². The Morgan fingerprint density at radius 1 is 1.47 bits per heavy atom. The number of pyridine rings is 1. The third-order valence-electron chi connectivity index (χ3n) is 2.23. The Kier molecular flexibility index (Phi) is 5.33. The minimum atomic E-state index is -4.55. The third-order valence-corrected chi connectivity index (χ3v) is 3.15. The molecule has 1 aromatic heterocycles. The second-order valence-corrected chi connectivity index (χ2v) is 4.98. The molecule has 0 radical (unpaired) electrons. The number of alkyl halides is 3. The molecule has 0 spiro atoms. The van der Waals surface area contributed by atoms with Gasteiger partial charge >= 0.3 is 6.18 Å². The summed E-state index contributed by atoms with van der Waals surface area (Å²) in [5.74, 6) is -0.117. The molecular formula is C11H12F3NO3S. The molecule has 8 heteroatoms. The van der Waals surface area contributed by atoms with Gasteiger partial charge in [-0.1, -0.05) is 11.8 Å². The van der Waals surface area contributed by atoms with Crippen molar-refractivity contribution in [1.29, 1.82) is 0 Å². The fourth-order valence-corrected chi connectivity index (χ4v) is 1.87. The number of hydrogen-bond donors (Lipinski definition) is 2. The minimum Gasteiger partial charge on any atom is -0.389 e. The SMILES string of the molecule is CC(=O)SCC(O)C(O)c1cc(C(F)(F)F)ccn1.